The van der Waals surface area contributed by atoms with Gasteiger partial charge in [-0.2, -0.15) is 8.42 Å². The van der Waals surface area contributed by atoms with Crippen LogP contribution in [0.4, 0.5) is 0 Å². The normalized spacial score (nSPS) is 10.9. The molecule has 2 aromatic rings. The zero-order valence-corrected chi connectivity index (χ0v) is 9.24. The van der Waals surface area contributed by atoms with Gasteiger partial charge in [-0.3, -0.25) is 4.55 Å². The maximum atomic E-state index is 11.3. The van der Waals surface area contributed by atoms with Crippen molar-refractivity contribution in [3.63, 3.8) is 0 Å². The van der Waals surface area contributed by atoms with Crippen LogP contribution in [0.15, 0.2) is 47.9 Å². The molecule has 0 atom stereocenters. The van der Waals surface area contributed by atoms with Gasteiger partial charge in [0.1, 0.15) is 4.90 Å². The Bertz CT molecular complexity index is 663. The molecule has 0 radical (unpaired) electrons. The summed E-state index contributed by atoms with van der Waals surface area (Å²) in [5.74, 6) is 0. The summed E-state index contributed by atoms with van der Waals surface area (Å²) in [5, 5.41) is 1.27. The Hall–Kier alpha value is -0.390. The van der Waals surface area contributed by atoms with Crippen molar-refractivity contribution in [2.75, 3.05) is 0 Å². The molecule has 1 N–H and O–H groups in total. The van der Waals surface area contributed by atoms with Crippen LogP contribution in [0, 0.1) is 0 Å². The van der Waals surface area contributed by atoms with Gasteiger partial charge in [-0.05, 0) is 10.9 Å². The van der Waals surface area contributed by atoms with Crippen molar-refractivity contribution in [2.45, 2.75) is 4.90 Å². The Kier molecular flexibility index (Phi) is 4.75. The molecule has 86 valence electrons. The van der Waals surface area contributed by atoms with E-state index in [9.17, 15) is 13.0 Å². The van der Waals surface area contributed by atoms with Crippen LogP contribution in [0.25, 0.3) is 16.8 Å². The van der Waals surface area contributed by atoms with E-state index in [1.54, 1.807) is 30.3 Å². The van der Waals surface area contributed by atoms with Crippen molar-refractivity contribution in [3.05, 3.63) is 48.5 Å². The second kappa shape index (κ2) is 5.50. The second-order valence-electron chi connectivity index (χ2n) is 3.38. The van der Waals surface area contributed by atoms with Crippen LogP contribution in [-0.4, -0.2) is 50.7 Å². The van der Waals surface area contributed by atoms with Crippen LogP contribution < -0.4 is 0 Å². The fraction of sp³-hybridized carbons (Fsp3) is 0. The summed E-state index contributed by atoms with van der Waals surface area (Å²) < 4.78 is 31.9. The summed E-state index contributed by atoms with van der Waals surface area (Å²) in [5.41, 5.74) is 0.404. The minimum absolute atomic E-state index is 0. The van der Waals surface area contributed by atoms with Gasteiger partial charge < -0.3 is 0 Å². The van der Waals surface area contributed by atoms with Crippen molar-refractivity contribution in [3.8, 4) is 0 Å². The molecule has 3 nitrogen and oxygen atoms in total. The molecule has 0 saturated carbocycles. The van der Waals surface area contributed by atoms with E-state index in [0.717, 1.165) is 5.39 Å². The van der Waals surface area contributed by atoms with Gasteiger partial charge in [-0.1, -0.05) is 49.1 Å². The molecule has 0 aliphatic carbocycles. The summed E-state index contributed by atoms with van der Waals surface area (Å²) in [6, 6.07) is 10.4. The molecule has 2 aromatic carbocycles. The maximum absolute atomic E-state index is 11.3. The molecule has 2 rings (SSSR count). The predicted molar refractivity (Wildman–Crippen MR) is 72.4 cm³/mol. The van der Waals surface area contributed by atoms with E-state index in [4.69, 9.17) is 0 Å². The molecular weight excluding hydrogens is 264 g/mol. The Labute approximate surface area is 130 Å². The summed E-state index contributed by atoms with van der Waals surface area (Å²) >= 11 is 0. The number of fused-ring (bicyclic) bond motifs is 1. The quantitative estimate of drug-likeness (QED) is 0.672. The first-order valence-electron chi connectivity index (χ1n) is 4.65. The number of benzene rings is 2. The molecule has 0 fully saturated rings. The van der Waals surface area contributed by atoms with E-state index in [1.807, 2.05) is 6.07 Å². The zero-order chi connectivity index (χ0) is 11.8. The first-order chi connectivity index (χ1) is 7.54. The van der Waals surface area contributed by atoms with Gasteiger partial charge in [0.05, 0.1) is 0 Å². The van der Waals surface area contributed by atoms with Gasteiger partial charge in [0.25, 0.3) is 10.1 Å². The molecule has 17 heavy (non-hydrogen) atoms. The fourth-order valence-electron chi connectivity index (χ4n) is 1.71. The van der Waals surface area contributed by atoms with Gasteiger partial charge in [-0.25, -0.2) is 0 Å². The summed E-state index contributed by atoms with van der Waals surface area (Å²) in [6.45, 7) is 3.54. The molecule has 0 aromatic heterocycles. The molecule has 0 saturated heterocycles. The van der Waals surface area contributed by atoms with Crippen LogP contribution in [0.1, 0.15) is 5.56 Å². The molecule has 0 spiro atoms. The average Bonchev–Trinajstić information content (AvgIpc) is 2.26. The Morgan fingerprint density at radius 2 is 1.76 bits per heavy atom. The van der Waals surface area contributed by atoms with E-state index >= 15 is 0 Å². The Balaban J connectivity index is 0.00000144. The zero-order valence-electron chi connectivity index (χ0n) is 8.42. The Morgan fingerprint density at radius 3 is 2.35 bits per heavy atom. The third-order valence-electron chi connectivity index (χ3n) is 2.39. The molecule has 0 unspecified atom stereocenters. The van der Waals surface area contributed by atoms with Gasteiger partial charge in [-0.15, -0.1) is 0 Å². The van der Waals surface area contributed by atoms with Crippen LogP contribution >= 0.6 is 0 Å². The first kappa shape index (κ1) is 14.7. The molecular formula is C12H12CaO3S. The molecule has 0 bridgehead atoms. The molecule has 0 heterocycles. The van der Waals surface area contributed by atoms with Gasteiger partial charge in [0, 0.05) is 5.39 Å². The van der Waals surface area contributed by atoms with E-state index in [-0.39, 0.29) is 42.6 Å². The van der Waals surface area contributed by atoms with Crippen LogP contribution in [0.5, 0.6) is 0 Å². The topological polar surface area (TPSA) is 54.4 Å². The third-order valence-corrected chi connectivity index (χ3v) is 3.36. The summed E-state index contributed by atoms with van der Waals surface area (Å²) in [4.78, 5) is -0.0828. The van der Waals surface area contributed by atoms with Crippen LogP contribution in [-0.2, 0) is 10.1 Å². The van der Waals surface area contributed by atoms with E-state index in [0.29, 0.717) is 10.9 Å². The fourth-order valence-corrected chi connectivity index (χ4v) is 2.62. The summed E-state index contributed by atoms with van der Waals surface area (Å²) in [6.07, 6.45) is 1.41. The Morgan fingerprint density at radius 1 is 1.12 bits per heavy atom. The third kappa shape index (κ3) is 2.89. The molecule has 0 aliphatic rings. The standard InChI is InChI=1S/C12H10O3S.Ca.2H/c1-2-9-7-8-10-5-3-4-6-11(10)12(9)16(13,14)15;;;/h2-8H,1H2,(H,13,14,15);;;. The minimum atomic E-state index is -4.24. The summed E-state index contributed by atoms with van der Waals surface area (Å²) in [7, 11) is -4.24. The van der Waals surface area contributed by atoms with Gasteiger partial charge in [0.15, 0.2) is 0 Å². The van der Waals surface area contributed by atoms with Crippen molar-refractivity contribution in [1.29, 1.82) is 0 Å². The number of hydrogen-bond donors (Lipinski definition) is 1. The van der Waals surface area contributed by atoms with Gasteiger partial charge >= 0.3 is 37.7 Å². The molecule has 0 aliphatic heterocycles. The SMILES string of the molecule is C=Cc1ccc2ccccc2c1S(=O)(=O)O.[CaH2]. The number of rotatable bonds is 2. The predicted octanol–water partition coefficient (Wildman–Crippen LogP) is 1.81. The van der Waals surface area contributed by atoms with Crippen molar-refractivity contribution >= 4 is 64.7 Å². The average molecular weight is 276 g/mol. The van der Waals surface area contributed by atoms with Crippen molar-refractivity contribution < 1.29 is 13.0 Å². The monoisotopic (exact) mass is 276 g/mol. The first-order valence-corrected chi connectivity index (χ1v) is 6.10. The van der Waals surface area contributed by atoms with E-state index in [1.165, 1.54) is 6.08 Å². The van der Waals surface area contributed by atoms with Crippen LogP contribution in [0.2, 0.25) is 0 Å². The molecule has 5 heteroatoms. The van der Waals surface area contributed by atoms with Crippen molar-refractivity contribution in [2.24, 2.45) is 0 Å². The number of hydrogen-bond acceptors (Lipinski definition) is 2. The molecule has 0 amide bonds. The van der Waals surface area contributed by atoms with E-state index in [2.05, 4.69) is 6.58 Å². The van der Waals surface area contributed by atoms with E-state index < -0.39 is 10.1 Å². The second-order valence-corrected chi connectivity index (χ2v) is 4.74. The van der Waals surface area contributed by atoms with Gasteiger partial charge in [0.2, 0.25) is 0 Å². The van der Waals surface area contributed by atoms with Crippen LogP contribution in [0.3, 0.4) is 0 Å². The van der Waals surface area contributed by atoms with Crippen molar-refractivity contribution in [1.82, 2.24) is 0 Å².